The number of benzene rings is 2. The van der Waals surface area contributed by atoms with Crippen LogP contribution in [0.15, 0.2) is 68.1 Å². The summed E-state index contributed by atoms with van der Waals surface area (Å²) in [6.45, 7) is 0. The zero-order chi connectivity index (χ0) is 23.7. The number of nitrogens with zero attached hydrogens (tertiary/aromatic N) is 3. The molecule has 172 valence electrons. The fraction of sp³-hybridized carbons (Fsp3) is 0.167. The molecule has 2 heterocycles. The monoisotopic (exact) mass is 572 g/mol. The number of nitrogens with one attached hydrogen (secondary N) is 1. The van der Waals surface area contributed by atoms with E-state index in [9.17, 15) is 9.59 Å². The van der Waals surface area contributed by atoms with Gasteiger partial charge in [0.1, 0.15) is 4.83 Å². The van der Waals surface area contributed by atoms with Gasteiger partial charge in [-0.1, -0.05) is 57.5 Å². The van der Waals surface area contributed by atoms with E-state index in [1.807, 2.05) is 24.3 Å². The normalized spacial score (nSPS) is 13.0. The molecule has 0 atom stereocenters. The molecule has 0 spiro atoms. The molecule has 0 saturated carbocycles. The maximum Gasteiger partial charge on any atom is 0.267 e. The van der Waals surface area contributed by atoms with Crippen molar-refractivity contribution in [1.29, 1.82) is 0 Å². The molecule has 1 amide bonds. The molecule has 6 nitrogen and oxygen atoms in total. The summed E-state index contributed by atoms with van der Waals surface area (Å²) >= 11 is 12.3. The summed E-state index contributed by atoms with van der Waals surface area (Å²) in [7, 11) is 0. The summed E-state index contributed by atoms with van der Waals surface area (Å²) in [5.74, 6) is -0.233. The number of hydrogen-bond acceptors (Lipinski definition) is 6. The topological polar surface area (TPSA) is 76.3 Å². The molecule has 0 bridgehead atoms. The predicted molar refractivity (Wildman–Crippen MR) is 143 cm³/mol. The maximum absolute atomic E-state index is 13.6. The Hall–Kier alpha value is -2.46. The molecule has 0 radical (unpaired) electrons. The highest BCUT2D eigenvalue weighted by Gasteiger charge is 2.24. The van der Waals surface area contributed by atoms with Gasteiger partial charge in [0.2, 0.25) is 0 Å². The van der Waals surface area contributed by atoms with Gasteiger partial charge < -0.3 is 0 Å². The number of aryl methyl sites for hydroxylation is 2. The van der Waals surface area contributed by atoms with Gasteiger partial charge in [-0.25, -0.2) is 10.4 Å². The molecule has 0 fully saturated rings. The lowest BCUT2D eigenvalue weighted by molar-refractivity contribution is -0.118. The molecule has 4 aromatic rings. The van der Waals surface area contributed by atoms with Gasteiger partial charge in [0.05, 0.1) is 23.0 Å². The van der Waals surface area contributed by atoms with Crippen molar-refractivity contribution in [2.45, 2.75) is 24.4 Å². The molecule has 34 heavy (non-hydrogen) atoms. The zero-order valence-corrected chi connectivity index (χ0v) is 21.7. The van der Waals surface area contributed by atoms with E-state index in [4.69, 9.17) is 16.6 Å². The highest BCUT2D eigenvalue weighted by molar-refractivity contribution is 9.10. The Bertz CT molecular complexity index is 1480. The third-order valence-corrected chi connectivity index (χ3v) is 8.52. The van der Waals surface area contributed by atoms with E-state index in [2.05, 4.69) is 26.5 Å². The van der Waals surface area contributed by atoms with Crippen LogP contribution in [0.1, 0.15) is 22.4 Å². The molecular weight excluding hydrogens is 556 g/mol. The minimum atomic E-state index is -0.293. The third-order valence-electron chi connectivity index (χ3n) is 5.42. The number of hydrogen-bond donors (Lipinski definition) is 1. The minimum absolute atomic E-state index is 0.0594. The SMILES string of the molecule is O=C(CSc1nc2sc3c(c2c(=O)n1-c1ccc(Cl)cc1)CCC3)NN=Cc1ccccc1Br. The number of thioether (sulfide) groups is 1. The van der Waals surface area contributed by atoms with E-state index in [0.29, 0.717) is 21.3 Å². The Kier molecular flexibility index (Phi) is 6.87. The standard InChI is InChI=1S/C24H18BrClN4O2S2/c25-18-6-2-1-4-14(18)12-27-29-20(31)13-33-24-28-22-21(17-5-3-7-19(17)34-22)23(32)30(24)16-10-8-15(26)9-11-16/h1-2,4,6,8-12H,3,5,7,13H2,(H,29,31). The van der Waals surface area contributed by atoms with Gasteiger partial charge in [0.25, 0.3) is 11.5 Å². The lowest BCUT2D eigenvalue weighted by atomic mass is 10.2. The Morgan fingerprint density at radius 3 is 2.82 bits per heavy atom. The lowest BCUT2D eigenvalue weighted by Gasteiger charge is -2.12. The minimum Gasteiger partial charge on any atom is -0.272 e. The zero-order valence-electron chi connectivity index (χ0n) is 17.8. The van der Waals surface area contributed by atoms with Crippen molar-refractivity contribution in [2.24, 2.45) is 5.10 Å². The van der Waals surface area contributed by atoms with Crippen molar-refractivity contribution in [3.63, 3.8) is 0 Å². The predicted octanol–water partition coefficient (Wildman–Crippen LogP) is 5.59. The van der Waals surface area contributed by atoms with Crippen molar-refractivity contribution < 1.29 is 4.79 Å². The Labute approximate surface area is 217 Å². The van der Waals surface area contributed by atoms with Crippen molar-refractivity contribution in [1.82, 2.24) is 15.0 Å². The first-order valence-electron chi connectivity index (χ1n) is 10.5. The molecule has 10 heteroatoms. The number of amides is 1. The lowest BCUT2D eigenvalue weighted by Crippen LogP contribution is -2.24. The van der Waals surface area contributed by atoms with Crippen molar-refractivity contribution in [3.05, 3.63) is 84.4 Å². The first kappa shape index (κ1) is 23.3. The molecule has 0 unspecified atom stereocenters. The Morgan fingerprint density at radius 2 is 2.03 bits per heavy atom. The van der Waals surface area contributed by atoms with E-state index in [1.54, 1.807) is 46.4 Å². The molecule has 1 N–H and O–H groups in total. The largest absolute Gasteiger partial charge is 0.272 e. The Balaban J connectivity index is 1.42. The summed E-state index contributed by atoms with van der Waals surface area (Å²) in [6.07, 6.45) is 4.52. The maximum atomic E-state index is 13.6. The van der Waals surface area contributed by atoms with Gasteiger partial charge >= 0.3 is 0 Å². The van der Waals surface area contributed by atoms with Crippen molar-refractivity contribution in [3.8, 4) is 5.69 Å². The average molecular weight is 574 g/mol. The number of rotatable bonds is 6. The number of carbonyl (C=O) groups excluding carboxylic acids is 1. The van der Waals surface area contributed by atoms with Crippen LogP contribution >= 0.6 is 50.6 Å². The molecule has 2 aromatic heterocycles. The highest BCUT2D eigenvalue weighted by Crippen LogP contribution is 2.36. The van der Waals surface area contributed by atoms with Crippen molar-refractivity contribution >= 4 is 73.0 Å². The van der Waals surface area contributed by atoms with Crippen LogP contribution in [0.4, 0.5) is 0 Å². The third kappa shape index (κ3) is 4.70. The van der Waals surface area contributed by atoms with E-state index in [0.717, 1.165) is 39.7 Å². The fourth-order valence-corrected chi connectivity index (χ4v) is 6.48. The Morgan fingerprint density at radius 1 is 1.24 bits per heavy atom. The van der Waals surface area contributed by atoms with Crippen LogP contribution in [-0.2, 0) is 17.6 Å². The quantitative estimate of drug-likeness (QED) is 0.141. The van der Waals surface area contributed by atoms with Crippen LogP contribution in [0.2, 0.25) is 5.02 Å². The molecular formula is C24H18BrClN4O2S2. The number of fused-ring (bicyclic) bond motifs is 3. The number of carbonyl (C=O) groups is 1. The molecule has 1 aliphatic carbocycles. The highest BCUT2D eigenvalue weighted by atomic mass is 79.9. The van der Waals surface area contributed by atoms with Gasteiger partial charge in [-0.05, 0) is 55.2 Å². The van der Waals surface area contributed by atoms with Gasteiger partial charge in [-0.15, -0.1) is 11.3 Å². The number of halogens is 2. The van der Waals surface area contributed by atoms with E-state index >= 15 is 0 Å². The summed E-state index contributed by atoms with van der Waals surface area (Å²) in [4.78, 5) is 32.8. The fourth-order valence-electron chi connectivity index (χ4n) is 3.86. The smallest absolute Gasteiger partial charge is 0.267 e. The summed E-state index contributed by atoms with van der Waals surface area (Å²) in [5.41, 5.74) is 5.06. The molecule has 2 aromatic carbocycles. The van der Waals surface area contributed by atoms with Crippen LogP contribution in [-0.4, -0.2) is 27.4 Å². The number of hydrazone groups is 1. The van der Waals surface area contributed by atoms with Crippen LogP contribution in [0, 0.1) is 0 Å². The van der Waals surface area contributed by atoms with E-state index in [-0.39, 0.29) is 17.2 Å². The average Bonchev–Trinajstić information content (AvgIpc) is 3.41. The second-order valence-electron chi connectivity index (χ2n) is 7.65. The van der Waals surface area contributed by atoms with Gasteiger partial charge in [-0.2, -0.15) is 5.10 Å². The summed E-state index contributed by atoms with van der Waals surface area (Å²) in [6, 6.07) is 14.6. The second kappa shape index (κ2) is 10.0. The first-order valence-corrected chi connectivity index (χ1v) is 13.5. The molecule has 0 saturated heterocycles. The van der Waals surface area contributed by atoms with Crippen LogP contribution in [0.3, 0.4) is 0 Å². The molecule has 5 rings (SSSR count). The van der Waals surface area contributed by atoms with Crippen molar-refractivity contribution in [2.75, 3.05) is 5.75 Å². The van der Waals surface area contributed by atoms with Crippen LogP contribution in [0.25, 0.3) is 15.9 Å². The molecule has 1 aliphatic rings. The summed E-state index contributed by atoms with van der Waals surface area (Å²) < 4.78 is 2.46. The number of thiophene rings is 1. The van der Waals surface area contributed by atoms with E-state index < -0.39 is 0 Å². The second-order valence-corrected chi connectivity index (χ2v) is 11.0. The molecule has 0 aliphatic heterocycles. The number of aromatic nitrogens is 2. The first-order chi connectivity index (χ1) is 16.5. The van der Waals surface area contributed by atoms with Crippen LogP contribution < -0.4 is 11.0 Å². The summed E-state index contributed by atoms with van der Waals surface area (Å²) in [5, 5.41) is 5.78. The van der Waals surface area contributed by atoms with Crippen LogP contribution in [0.5, 0.6) is 0 Å². The van der Waals surface area contributed by atoms with Gasteiger partial charge in [0, 0.05) is 19.9 Å². The van der Waals surface area contributed by atoms with Gasteiger partial charge in [0.15, 0.2) is 5.16 Å². The van der Waals surface area contributed by atoms with Gasteiger partial charge in [-0.3, -0.25) is 14.2 Å². The van der Waals surface area contributed by atoms with E-state index in [1.165, 1.54) is 16.6 Å².